The van der Waals surface area contributed by atoms with Crippen LogP contribution in [0.25, 0.3) is 0 Å². The second-order valence-electron chi connectivity index (χ2n) is 1.33. The zero-order chi connectivity index (χ0) is 7.28. The van der Waals surface area contributed by atoms with Gasteiger partial charge < -0.3 is 4.74 Å². The monoisotopic (exact) mass is 152 g/mol. The Morgan fingerprint density at radius 2 is 2.44 bits per heavy atom. The lowest BCUT2D eigenvalue weighted by molar-refractivity contribution is -0.145. The van der Waals surface area contributed by atoms with Crippen molar-refractivity contribution in [2.75, 3.05) is 6.67 Å². The maximum absolute atomic E-state index is 11.3. The molecule has 0 saturated heterocycles. The van der Waals surface area contributed by atoms with E-state index in [1.165, 1.54) is 6.92 Å². The van der Waals surface area contributed by atoms with Gasteiger partial charge in [-0.15, -0.1) is 0 Å². The van der Waals surface area contributed by atoms with E-state index in [9.17, 15) is 13.8 Å². The molecule has 0 rings (SSSR count). The van der Waals surface area contributed by atoms with Crippen molar-refractivity contribution in [3.05, 3.63) is 0 Å². The van der Waals surface area contributed by atoms with E-state index in [-0.39, 0.29) is 8.46 Å². The fraction of sp³-hybridized carbons (Fsp3) is 0.750. The zero-order valence-corrected chi connectivity index (χ0v) is 5.73. The molecule has 1 unspecified atom stereocenters. The van der Waals surface area contributed by atoms with Crippen molar-refractivity contribution in [2.24, 2.45) is 0 Å². The topological polar surface area (TPSA) is 43.4 Å². The van der Waals surface area contributed by atoms with Crippen LogP contribution in [0.5, 0.6) is 0 Å². The maximum Gasteiger partial charge on any atom is 0.338 e. The summed E-state index contributed by atoms with van der Waals surface area (Å²) in [6, 6.07) is 0. The third-order valence-electron chi connectivity index (χ3n) is 0.560. The first-order chi connectivity index (χ1) is 4.20. The average Bonchev–Trinajstić information content (AvgIpc) is 1.87. The third-order valence-corrected chi connectivity index (χ3v) is 0.962. The number of carbonyl (C=O) groups is 1. The molecule has 0 spiro atoms. The Morgan fingerprint density at radius 3 is 2.78 bits per heavy atom. The quantitative estimate of drug-likeness (QED) is 0.449. The number of hydrogen-bond acceptors (Lipinski definition) is 3. The molecule has 0 aliphatic carbocycles. The first-order valence-corrected chi connectivity index (χ1v) is 3.16. The van der Waals surface area contributed by atoms with Gasteiger partial charge in [-0.25, -0.2) is 9.18 Å². The highest BCUT2D eigenvalue weighted by Gasteiger charge is 2.06. The largest absolute Gasteiger partial charge is 0.448 e. The molecule has 0 N–H and O–H groups in total. The van der Waals surface area contributed by atoms with Crippen molar-refractivity contribution in [2.45, 2.75) is 12.8 Å². The van der Waals surface area contributed by atoms with Crippen molar-refractivity contribution in [1.29, 1.82) is 0 Å². The van der Waals surface area contributed by atoms with Crippen molar-refractivity contribution in [3.63, 3.8) is 0 Å². The highest BCUT2D eigenvalue weighted by atomic mass is 31.1. The third kappa shape index (κ3) is 4.03. The number of halogens is 1. The van der Waals surface area contributed by atoms with Crippen molar-refractivity contribution in [1.82, 2.24) is 0 Å². The van der Waals surface area contributed by atoms with Gasteiger partial charge in [0.1, 0.15) is 0 Å². The van der Waals surface area contributed by atoms with Crippen LogP contribution in [0.2, 0.25) is 0 Å². The summed E-state index contributed by atoms with van der Waals surface area (Å²) in [4.78, 5) is 10.0. The molecule has 0 fully saturated rings. The van der Waals surface area contributed by atoms with Crippen LogP contribution >= 0.6 is 8.46 Å². The molecular weight excluding hydrogens is 146 g/mol. The smallest absolute Gasteiger partial charge is 0.338 e. The van der Waals surface area contributed by atoms with Gasteiger partial charge in [0, 0.05) is 0 Å². The lowest BCUT2D eigenvalue weighted by Crippen LogP contribution is -2.10. The van der Waals surface area contributed by atoms with E-state index in [0.29, 0.717) is 0 Å². The Labute approximate surface area is 53.4 Å². The van der Waals surface area contributed by atoms with Crippen LogP contribution in [0.15, 0.2) is 0 Å². The standard InChI is InChI=1S/C4H6FO3P/c1-3(9-7)8-4(6)2-5/h3H,2H2,1H3. The van der Waals surface area contributed by atoms with E-state index in [1.807, 2.05) is 0 Å². The van der Waals surface area contributed by atoms with Gasteiger partial charge >= 0.3 is 5.97 Å². The molecule has 1 atom stereocenters. The van der Waals surface area contributed by atoms with Crippen molar-refractivity contribution < 1.29 is 18.5 Å². The van der Waals surface area contributed by atoms with Gasteiger partial charge in [-0.1, -0.05) is 0 Å². The van der Waals surface area contributed by atoms with Crippen molar-refractivity contribution in [3.8, 4) is 0 Å². The van der Waals surface area contributed by atoms with Gasteiger partial charge in [0.25, 0.3) is 0 Å². The molecule has 0 heterocycles. The molecule has 0 aromatic heterocycles. The summed E-state index contributed by atoms with van der Waals surface area (Å²) in [6.45, 7) is 0.238. The van der Waals surface area contributed by atoms with E-state index in [1.54, 1.807) is 0 Å². The molecule has 0 saturated carbocycles. The Morgan fingerprint density at radius 1 is 1.89 bits per heavy atom. The Bertz CT molecular complexity index is 116. The summed E-state index contributed by atoms with van der Waals surface area (Å²) >= 11 is 0. The van der Waals surface area contributed by atoms with E-state index < -0.39 is 18.5 Å². The summed E-state index contributed by atoms with van der Waals surface area (Å²) in [6.07, 6.45) is 0. The number of rotatable bonds is 3. The first-order valence-electron chi connectivity index (χ1n) is 2.28. The van der Waals surface area contributed by atoms with Gasteiger partial charge in [0.2, 0.25) is 0 Å². The molecule has 52 valence electrons. The Balaban J connectivity index is 3.46. The molecule has 3 nitrogen and oxygen atoms in total. The second kappa shape index (κ2) is 4.39. The summed E-state index contributed by atoms with van der Waals surface area (Å²) in [5.74, 6) is -1.72. The molecule has 0 bridgehead atoms. The van der Waals surface area contributed by atoms with E-state index in [0.717, 1.165) is 0 Å². The molecule has 0 aromatic rings. The molecule has 5 heteroatoms. The summed E-state index contributed by atoms with van der Waals surface area (Å²) in [5, 5.41) is 0. The van der Waals surface area contributed by atoms with Crippen LogP contribution in [-0.4, -0.2) is 18.5 Å². The molecule has 9 heavy (non-hydrogen) atoms. The molecule has 0 radical (unpaired) electrons. The number of carbonyl (C=O) groups excluding carboxylic acids is 1. The molecule has 0 aliphatic rings. The Kier molecular flexibility index (Phi) is 4.14. The predicted molar refractivity (Wildman–Crippen MR) is 29.1 cm³/mol. The number of esters is 1. The van der Waals surface area contributed by atoms with Crippen LogP contribution in [0.1, 0.15) is 6.92 Å². The second-order valence-corrected chi connectivity index (χ2v) is 2.27. The van der Waals surface area contributed by atoms with Gasteiger partial charge in [-0.05, 0) is 6.92 Å². The summed E-state index contributed by atoms with van der Waals surface area (Å²) < 4.78 is 25.4. The fourth-order valence-corrected chi connectivity index (χ4v) is 0.404. The lowest BCUT2D eigenvalue weighted by atomic mass is 10.7. The summed E-state index contributed by atoms with van der Waals surface area (Å²) in [7, 11) is -0.312. The molecule has 0 aliphatic heterocycles. The molecule has 0 amide bonds. The fourth-order valence-electron chi connectivity index (χ4n) is 0.243. The lowest BCUT2D eigenvalue weighted by Gasteiger charge is -2.00. The van der Waals surface area contributed by atoms with Crippen LogP contribution in [0.4, 0.5) is 4.39 Å². The molecular formula is C4H6FO3P. The highest BCUT2D eigenvalue weighted by Crippen LogP contribution is 2.05. The van der Waals surface area contributed by atoms with Crippen LogP contribution in [0.3, 0.4) is 0 Å². The van der Waals surface area contributed by atoms with E-state index in [2.05, 4.69) is 4.74 Å². The van der Waals surface area contributed by atoms with Crippen LogP contribution in [-0.2, 0) is 14.1 Å². The number of hydrogen-bond donors (Lipinski definition) is 0. The van der Waals surface area contributed by atoms with E-state index in [4.69, 9.17) is 0 Å². The van der Waals surface area contributed by atoms with Crippen molar-refractivity contribution >= 4 is 14.4 Å². The predicted octanol–water partition coefficient (Wildman–Crippen LogP) is 1.14. The average molecular weight is 152 g/mol. The van der Waals surface area contributed by atoms with Crippen LogP contribution < -0.4 is 0 Å². The van der Waals surface area contributed by atoms with Gasteiger partial charge in [-0.3, -0.25) is 4.57 Å². The van der Waals surface area contributed by atoms with Gasteiger partial charge in [0.15, 0.2) is 21.0 Å². The first kappa shape index (κ1) is 8.50. The number of ether oxygens (including phenoxy) is 1. The minimum atomic E-state index is -1.17. The normalized spacial score (nSPS) is 13.1. The maximum atomic E-state index is 11.3. The van der Waals surface area contributed by atoms with Gasteiger partial charge in [-0.2, -0.15) is 0 Å². The van der Waals surface area contributed by atoms with Gasteiger partial charge in [0.05, 0.1) is 0 Å². The summed E-state index contributed by atoms with van der Waals surface area (Å²) in [5.41, 5.74) is 0. The SMILES string of the molecule is CC(OC(=O)CF)P=O. The zero-order valence-electron chi connectivity index (χ0n) is 4.83. The van der Waals surface area contributed by atoms with Crippen LogP contribution in [0, 0.1) is 0 Å². The minimum Gasteiger partial charge on any atom is -0.448 e. The molecule has 0 aromatic carbocycles. The Hall–Kier alpha value is -0.500. The number of alkyl halides is 1. The minimum absolute atomic E-state index is 0.312. The highest BCUT2D eigenvalue weighted by molar-refractivity contribution is 7.24. The van der Waals surface area contributed by atoms with E-state index >= 15 is 0 Å².